The average Bonchev–Trinajstić information content (AvgIpc) is 3.34. The third-order valence-electron chi connectivity index (χ3n) is 14.9. The van der Waals surface area contributed by atoms with Gasteiger partial charge in [-0.05, 0) is 25.7 Å². The molecular formula is C62H123NO5. The van der Waals surface area contributed by atoms with E-state index in [4.69, 9.17) is 4.74 Å². The van der Waals surface area contributed by atoms with E-state index in [1.807, 2.05) is 0 Å². The topological polar surface area (TPSA) is 95.9 Å². The molecule has 0 aliphatic rings. The lowest BCUT2D eigenvalue weighted by Crippen LogP contribution is -2.45. The summed E-state index contributed by atoms with van der Waals surface area (Å²) in [6, 6.07) is -0.541. The summed E-state index contributed by atoms with van der Waals surface area (Å²) in [5.74, 6) is -0.0188. The van der Waals surface area contributed by atoms with Crippen LogP contribution in [0.2, 0.25) is 0 Å². The van der Waals surface area contributed by atoms with E-state index in [2.05, 4.69) is 19.2 Å². The van der Waals surface area contributed by atoms with Crippen LogP contribution in [0, 0.1) is 0 Å². The molecule has 2 atom stereocenters. The summed E-state index contributed by atoms with van der Waals surface area (Å²) in [7, 11) is 0. The van der Waals surface area contributed by atoms with Crippen LogP contribution in [0.1, 0.15) is 361 Å². The molecule has 406 valence electrons. The first-order valence-electron chi connectivity index (χ1n) is 31.3. The van der Waals surface area contributed by atoms with Gasteiger partial charge in [0.15, 0.2) is 0 Å². The molecule has 2 unspecified atom stereocenters. The molecule has 0 spiro atoms. The third kappa shape index (κ3) is 54.2. The molecule has 68 heavy (non-hydrogen) atoms. The van der Waals surface area contributed by atoms with E-state index < -0.39 is 12.1 Å². The molecule has 0 radical (unpaired) electrons. The van der Waals surface area contributed by atoms with Crippen LogP contribution in [0.5, 0.6) is 0 Å². The van der Waals surface area contributed by atoms with Gasteiger partial charge < -0.3 is 20.3 Å². The highest BCUT2D eigenvalue weighted by atomic mass is 16.5. The maximum atomic E-state index is 12.5. The number of aliphatic hydroxyl groups excluding tert-OH is 2. The van der Waals surface area contributed by atoms with Gasteiger partial charge >= 0.3 is 5.97 Å². The molecule has 0 saturated heterocycles. The number of hydrogen-bond donors (Lipinski definition) is 3. The minimum absolute atomic E-state index is 0.0128. The fourth-order valence-corrected chi connectivity index (χ4v) is 10.1. The van der Waals surface area contributed by atoms with Crippen molar-refractivity contribution in [2.45, 2.75) is 373 Å². The van der Waals surface area contributed by atoms with Gasteiger partial charge in [0.05, 0.1) is 25.4 Å². The molecule has 0 heterocycles. The number of ether oxygens (including phenoxy) is 1. The van der Waals surface area contributed by atoms with Crippen LogP contribution in [-0.4, -0.2) is 47.4 Å². The first kappa shape index (κ1) is 66.9. The Hall–Kier alpha value is -1.14. The molecule has 0 aromatic carbocycles. The molecule has 6 heteroatoms. The summed E-state index contributed by atoms with van der Waals surface area (Å²) < 4.78 is 5.47. The van der Waals surface area contributed by atoms with Crippen molar-refractivity contribution in [2.24, 2.45) is 0 Å². The zero-order valence-corrected chi connectivity index (χ0v) is 46.4. The second-order valence-corrected chi connectivity index (χ2v) is 21.8. The molecule has 0 aliphatic heterocycles. The average molecular weight is 963 g/mol. The van der Waals surface area contributed by atoms with Gasteiger partial charge in [-0.1, -0.05) is 322 Å². The Kier molecular flexibility index (Phi) is 57.5. The highest BCUT2D eigenvalue weighted by Crippen LogP contribution is 2.19. The lowest BCUT2D eigenvalue weighted by Gasteiger charge is -2.22. The molecule has 0 saturated carbocycles. The van der Waals surface area contributed by atoms with Crippen LogP contribution in [0.3, 0.4) is 0 Å². The van der Waals surface area contributed by atoms with Crippen LogP contribution in [0.4, 0.5) is 0 Å². The van der Waals surface area contributed by atoms with Crippen LogP contribution in [-0.2, 0) is 14.3 Å². The number of carbonyl (C=O) groups excluding carboxylic acids is 2. The monoisotopic (exact) mass is 962 g/mol. The summed E-state index contributed by atoms with van der Waals surface area (Å²) in [5.41, 5.74) is 0. The second kappa shape index (κ2) is 58.4. The second-order valence-electron chi connectivity index (χ2n) is 21.8. The van der Waals surface area contributed by atoms with Crippen LogP contribution >= 0.6 is 0 Å². The van der Waals surface area contributed by atoms with E-state index in [-0.39, 0.29) is 18.5 Å². The molecule has 0 aromatic heterocycles. The minimum atomic E-state index is -0.664. The number of aliphatic hydroxyl groups is 2. The van der Waals surface area contributed by atoms with Gasteiger partial charge in [-0.3, -0.25) is 9.59 Å². The van der Waals surface area contributed by atoms with Crippen molar-refractivity contribution in [3.63, 3.8) is 0 Å². The van der Waals surface area contributed by atoms with Crippen LogP contribution < -0.4 is 5.32 Å². The Morgan fingerprint density at radius 1 is 0.353 bits per heavy atom. The fourth-order valence-electron chi connectivity index (χ4n) is 10.1. The Bertz CT molecular complexity index is 975. The first-order valence-corrected chi connectivity index (χ1v) is 31.3. The van der Waals surface area contributed by atoms with Crippen molar-refractivity contribution in [3.8, 4) is 0 Å². The lowest BCUT2D eigenvalue weighted by atomic mass is 10.0. The number of unbranched alkanes of at least 4 members (excludes halogenated alkanes) is 48. The molecular weight excluding hydrogens is 839 g/mol. The van der Waals surface area contributed by atoms with E-state index in [9.17, 15) is 19.8 Å². The SMILES string of the molecule is CCCCCCCCCCCCCCCCCCCCCC(O)C(CO)NC(=O)CCCCCCCCCCCCCCCCCCCCCCCOC(=O)CCCCCCCCCCCCC. The zero-order valence-electron chi connectivity index (χ0n) is 46.4. The van der Waals surface area contributed by atoms with Gasteiger partial charge in [-0.25, -0.2) is 0 Å². The maximum Gasteiger partial charge on any atom is 0.305 e. The standard InChI is InChI=1S/C62H123NO5/c1-3-5-7-9-11-13-15-16-17-18-22-25-28-31-35-38-42-46-50-54-60(65)59(58-64)63-61(66)55-51-47-43-39-36-32-29-26-23-20-19-21-24-27-30-33-37-41-45-49-53-57-68-62(67)56-52-48-44-40-34-14-12-10-8-6-4-2/h59-60,64-65H,3-58H2,1-2H3,(H,63,66). The zero-order chi connectivity index (χ0) is 49.3. The van der Waals surface area contributed by atoms with E-state index >= 15 is 0 Å². The molecule has 0 bridgehead atoms. The number of rotatable bonds is 59. The Morgan fingerprint density at radius 2 is 0.603 bits per heavy atom. The number of nitrogens with one attached hydrogen (secondary N) is 1. The van der Waals surface area contributed by atoms with E-state index in [0.717, 1.165) is 38.5 Å². The van der Waals surface area contributed by atoms with Crippen molar-refractivity contribution in [2.75, 3.05) is 13.2 Å². The van der Waals surface area contributed by atoms with Gasteiger partial charge in [0.1, 0.15) is 0 Å². The molecule has 0 aliphatic carbocycles. The number of amides is 1. The predicted molar refractivity (Wildman–Crippen MR) is 297 cm³/mol. The molecule has 6 nitrogen and oxygen atoms in total. The van der Waals surface area contributed by atoms with Gasteiger partial charge in [0, 0.05) is 12.8 Å². The van der Waals surface area contributed by atoms with E-state index in [0.29, 0.717) is 25.9 Å². The normalized spacial score (nSPS) is 12.5. The third-order valence-corrected chi connectivity index (χ3v) is 14.9. The summed E-state index contributed by atoms with van der Waals surface area (Å²) >= 11 is 0. The summed E-state index contributed by atoms with van der Waals surface area (Å²) in [6.45, 7) is 4.98. The number of carbonyl (C=O) groups is 2. The summed E-state index contributed by atoms with van der Waals surface area (Å²) in [4.78, 5) is 24.5. The molecule has 3 N–H and O–H groups in total. The summed E-state index contributed by atoms with van der Waals surface area (Å²) in [5, 5.41) is 23.4. The van der Waals surface area contributed by atoms with Crippen LogP contribution in [0.25, 0.3) is 0 Å². The van der Waals surface area contributed by atoms with Gasteiger partial charge in [0.25, 0.3) is 0 Å². The highest BCUT2D eigenvalue weighted by molar-refractivity contribution is 5.76. The smallest absolute Gasteiger partial charge is 0.305 e. The largest absolute Gasteiger partial charge is 0.466 e. The molecule has 0 fully saturated rings. The quantitative estimate of drug-likeness (QED) is 0.0417. The highest BCUT2D eigenvalue weighted by Gasteiger charge is 2.20. The number of esters is 1. The summed E-state index contributed by atoms with van der Waals surface area (Å²) in [6.07, 6.45) is 68.2. The first-order chi connectivity index (χ1) is 33.5. The van der Waals surface area contributed by atoms with Crippen LogP contribution in [0.15, 0.2) is 0 Å². The Morgan fingerprint density at radius 3 is 0.897 bits per heavy atom. The lowest BCUT2D eigenvalue weighted by molar-refractivity contribution is -0.143. The van der Waals surface area contributed by atoms with Crippen molar-refractivity contribution in [1.29, 1.82) is 0 Å². The van der Waals surface area contributed by atoms with Crippen molar-refractivity contribution < 1.29 is 24.5 Å². The van der Waals surface area contributed by atoms with E-state index in [1.165, 1.54) is 289 Å². The molecule has 1 amide bonds. The fraction of sp³-hybridized carbons (Fsp3) is 0.968. The van der Waals surface area contributed by atoms with Crippen molar-refractivity contribution in [1.82, 2.24) is 5.32 Å². The van der Waals surface area contributed by atoms with Crippen molar-refractivity contribution in [3.05, 3.63) is 0 Å². The minimum Gasteiger partial charge on any atom is -0.466 e. The van der Waals surface area contributed by atoms with Crippen molar-refractivity contribution >= 4 is 11.9 Å². The van der Waals surface area contributed by atoms with E-state index in [1.54, 1.807) is 0 Å². The Balaban J connectivity index is 3.38. The van der Waals surface area contributed by atoms with Gasteiger partial charge in [0.2, 0.25) is 5.91 Å². The Labute approximate surface area is 426 Å². The van der Waals surface area contributed by atoms with Gasteiger partial charge in [-0.2, -0.15) is 0 Å². The number of hydrogen-bond acceptors (Lipinski definition) is 5. The van der Waals surface area contributed by atoms with Gasteiger partial charge in [-0.15, -0.1) is 0 Å². The molecule has 0 aromatic rings. The predicted octanol–water partition coefficient (Wildman–Crippen LogP) is 19.5. The maximum absolute atomic E-state index is 12.5. The molecule has 0 rings (SSSR count).